The average Bonchev–Trinajstić information content (AvgIpc) is 2.71. The highest BCUT2D eigenvalue weighted by molar-refractivity contribution is 6.00. The van der Waals surface area contributed by atoms with Crippen LogP contribution < -0.4 is 5.63 Å². The molecule has 3 rings (SSSR count). The lowest BCUT2D eigenvalue weighted by atomic mass is 10.2. The molecule has 0 N–H and O–H groups in total. The van der Waals surface area contributed by atoms with Crippen molar-refractivity contribution in [1.29, 1.82) is 0 Å². The molecule has 0 atom stereocenters. The van der Waals surface area contributed by atoms with Crippen LogP contribution in [0, 0.1) is 13.8 Å². The fourth-order valence-electron chi connectivity index (χ4n) is 2.49. The van der Waals surface area contributed by atoms with E-state index < -0.39 is 11.6 Å². The van der Waals surface area contributed by atoms with E-state index in [1.165, 1.54) is 0 Å². The first kappa shape index (κ1) is 13.4. The summed E-state index contributed by atoms with van der Waals surface area (Å²) in [6.45, 7) is 5.77. The Morgan fingerprint density at radius 1 is 1.33 bits per heavy atom. The summed E-state index contributed by atoms with van der Waals surface area (Å²) < 4.78 is 12.2. The van der Waals surface area contributed by atoms with Crippen molar-refractivity contribution in [1.82, 2.24) is 4.40 Å². The van der Waals surface area contributed by atoms with E-state index in [-0.39, 0.29) is 12.2 Å². The number of ether oxygens (including phenoxy) is 1. The van der Waals surface area contributed by atoms with E-state index in [1.54, 1.807) is 13.0 Å². The van der Waals surface area contributed by atoms with Gasteiger partial charge >= 0.3 is 11.6 Å². The Hall–Kier alpha value is -2.56. The van der Waals surface area contributed by atoms with Crippen molar-refractivity contribution in [2.75, 3.05) is 6.61 Å². The molecular formula is C16H15NO4. The standard InChI is InChI=1S/C16H15NO4/c1-4-20-15(18)12-7-11-13-6-5-9(2)8-17(13)10(3)14(11)21-16(12)19/h5-8H,4H2,1-3H3. The molecular weight excluding hydrogens is 270 g/mol. The minimum atomic E-state index is -0.670. The summed E-state index contributed by atoms with van der Waals surface area (Å²) in [5.41, 5.74) is 2.57. The molecule has 108 valence electrons. The van der Waals surface area contributed by atoms with Gasteiger partial charge in [-0.3, -0.25) is 0 Å². The number of aromatic nitrogens is 1. The molecule has 3 aromatic rings. The average molecular weight is 285 g/mol. The molecule has 0 saturated heterocycles. The minimum Gasteiger partial charge on any atom is -0.462 e. The number of esters is 1. The van der Waals surface area contributed by atoms with E-state index in [2.05, 4.69) is 0 Å². The highest BCUT2D eigenvalue weighted by Crippen LogP contribution is 2.26. The van der Waals surface area contributed by atoms with Crippen molar-refractivity contribution in [2.45, 2.75) is 20.8 Å². The Morgan fingerprint density at radius 2 is 2.10 bits per heavy atom. The van der Waals surface area contributed by atoms with Gasteiger partial charge < -0.3 is 13.6 Å². The van der Waals surface area contributed by atoms with Crippen LogP contribution in [-0.2, 0) is 4.74 Å². The zero-order valence-corrected chi connectivity index (χ0v) is 12.1. The molecule has 0 aliphatic rings. The molecule has 0 saturated carbocycles. The SMILES string of the molecule is CCOC(=O)c1cc2c(oc1=O)c(C)n1cc(C)ccc21. The maximum absolute atomic E-state index is 12.0. The van der Waals surface area contributed by atoms with Crippen molar-refractivity contribution in [3.8, 4) is 0 Å². The third-order valence-electron chi connectivity index (χ3n) is 3.51. The van der Waals surface area contributed by atoms with Crippen LogP contribution in [0.15, 0.2) is 33.6 Å². The number of carbonyl (C=O) groups is 1. The van der Waals surface area contributed by atoms with E-state index in [0.29, 0.717) is 5.58 Å². The van der Waals surface area contributed by atoms with Crippen molar-refractivity contribution in [3.63, 3.8) is 0 Å². The van der Waals surface area contributed by atoms with Crippen molar-refractivity contribution in [2.24, 2.45) is 0 Å². The van der Waals surface area contributed by atoms with E-state index in [9.17, 15) is 9.59 Å². The lowest BCUT2D eigenvalue weighted by Gasteiger charge is -2.00. The first-order chi connectivity index (χ1) is 10.0. The largest absolute Gasteiger partial charge is 0.462 e. The Balaban J connectivity index is 2.37. The van der Waals surface area contributed by atoms with E-state index in [0.717, 1.165) is 22.2 Å². The van der Waals surface area contributed by atoms with Crippen LogP contribution in [0.25, 0.3) is 16.5 Å². The van der Waals surface area contributed by atoms with E-state index in [1.807, 2.05) is 36.6 Å². The summed E-state index contributed by atoms with van der Waals surface area (Å²) >= 11 is 0. The molecule has 0 bridgehead atoms. The fraction of sp³-hybridized carbons (Fsp3) is 0.250. The Kier molecular flexibility index (Phi) is 3.05. The number of hydrogen-bond acceptors (Lipinski definition) is 4. The second-order valence-corrected chi connectivity index (χ2v) is 4.96. The van der Waals surface area contributed by atoms with Crippen molar-refractivity contribution in [3.05, 3.63) is 51.6 Å². The molecule has 0 unspecified atom stereocenters. The van der Waals surface area contributed by atoms with Crippen LogP contribution in [0.1, 0.15) is 28.5 Å². The van der Waals surface area contributed by atoms with Crippen LogP contribution >= 0.6 is 0 Å². The van der Waals surface area contributed by atoms with Gasteiger partial charge in [0.05, 0.1) is 17.8 Å². The highest BCUT2D eigenvalue weighted by atomic mass is 16.5. The molecule has 3 aromatic heterocycles. The summed E-state index contributed by atoms with van der Waals surface area (Å²) in [5.74, 6) is -0.655. The van der Waals surface area contributed by atoms with Gasteiger partial charge in [0.2, 0.25) is 0 Å². The van der Waals surface area contributed by atoms with Crippen LogP contribution in [0.3, 0.4) is 0 Å². The molecule has 0 fully saturated rings. The Morgan fingerprint density at radius 3 is 2.81 bits per heavy atom. The molecule has 3 heterocycles. The van der Waals surface area contributed by atoms with Gasteiger partial charge in [-0.15, -0.1) is 0 Å². The summed E-state index contributed by atoms with van der Waals surface area (Å²) in [6, 6.07) is 5.47. The second kappa shape index (κ2) is 4.77. The smallest absolute Gasteiger partial charge is 0.351 e. The normalized spacial score (nSPS) is 11.2. The molecule has 0 radical (unpaired) electrons. The number of aryl methyl sites for hydroxylation is 2. The third kappa shape index (κ3) is 2.01. The van der Waals surface area contributed by atoms with Crippen LogP contribution in [0.5, 0.6) is 0 Å². The van der Waals surface area contributed by atoms with E-state index in [4.69, 9.17) is 9.15 Å². The Bertz CT molecular complexity index is 917. The van der Waals surface area contributed by atoms with Crippen LogP contribution in [-0.4, -0.2) is 17.0 Å². The van der Waals surface area contributed by atoms with Crippen molar-refractivity contribution < 1.29 is 13.9 Å². The van der Waals surface area contributed by atoms with E-state index >= 15 is 0 Å². The monoisotopic (exact) mass is 285 g/mol. The number of nitrogens with zero attached hydrogens (tertiary/aromatic N) is 1. The third-order valence-corrected chi connectivity index (χ3v) is 3.51. The van der Waals surface area contributed by atoms with Crippen LogP contribution in [0.4, 0.5) is 0 Å². The zero-order chi connectivity index (χ0) is 15.1. The predicted molar refractivity (Wildman–Crippen MR) is 78.9 cm³/mol. The predicted octanol–water partition coefficient (Wildman–Crippen LogP) is 2.84. The van der Waals surface area contributed by atoms with Gasteiger partial charge in [0.15, 0.2) is 5.58 Å². The molecule has 0 spiro atoms. The van der Waals surface area contributed by atoms with Crippen LogP contribution in [0.2, 0.25) is 0 Å². The van der Waals surface area contributed by atoms with Gasteiger partial charge in [-0.25, -0.2) is 9.59 Å². The summed E-state index contributed by atoms with van der Waals surface area (Å²) in [5, 5.41) is 0.732. The molecule has 5 heteroatoms. The quantitative estimate of drug-likeness (QED) is 0.679. The topological polar surface area (TPSA) is 60.9 Å². The van der Waals surface area contributed by atoms with Gasteiger partial charge in [0.1, 0.15) is 5.56 Å². The van der Waals surface area contributed by atoms with Crippen molar-refractivity contribution >= 4 is 22.5 Å². The Labute approximate surface area is 120 Å². The first-order valence-corrected chi connectivity index (χ1v) is 6.75. The van der Waals surface area contributed by atoms with Gasteiger partial charge in [0.25, 0.3) is 0 Å². The lowest BCUT2D eigenvalue weighted by molar-refractivity contribution is 0.0522. The highest BCUT2D eigenvalue weighted by Gasteiger charge is 2.18. The summed E-state index contributed by atoms with van der Waals surface area (Å²) in [7, 11) is 0. The molecule has 21 heavy (non-hydrogen) atoms. The molecule has 0 aliphatic carbocycles. The molecule has 0 amide bonds. The number of hydrogen-bond donors (Lipinski definition) is 0. The number of rotatable bonds is 2. The molecule has 5 nitrogen and oxygen atoms in total. The zero-order valence-electron chi connectivity index (χ0n) is 12.1. The summed E-state index contributed by atoms with van der Waals surface area (Å²) in [6.07, 6.45) is 1.97. The number of carbonyl (C=O) groups excluding carboxylic acids is 1. The lowest BCUT2D eigenvalue weighted by Crippen LogP contribution is -2.16. The van der Waals surface area contributed by atoms with Gasteiger partial charge in [-0.2, -0.15) is 0 Å². The maximum Gasteiger partial charge on any atom is 0.351 e. The van der Waals surface area contributed by atoms with Gasteiger partial charge in [-0.05, 0) is 38.5 Å². The molecule has 0 aliphatic heterocycles. The summed E-state index contributed by atoms with van der Waals surface area (Å²) in [4.78, 5) is 23.8. The first-order valence-electron chi connectivity index (χ1n) is 6.75. The second-order valence-electron chi connectivity index (χ2n) is 4.96. The maximum atomic E-state index is 12.0. The number of pyridine rings is 1. The van der Waals surface area contributed by atoms with Gasteiger partial charge in [-0.1, -0.05) is 6.07 Å². The number of fused-ring (bicyclic) bond motifs is 3. The molecule has 0 aromatic carbocycles. The van der Waals surface area contributed by atoms with Gasteiger partial charge in [0, 0.05) is 11.6 Å². The fourth-order valence-corrected chi connectivity index (χ4v) is 2.49. The minimum absolute atomic E-state index is 0.0718.